The summed E-state index contributed by atoms with van der Waals surface area (Å²) in [4.78, 5) is 20.9. The largest absolute Gasteiger partial charge is 0.378 e. The van der Waals surface area contributed by atoms with Crippen molar-refractivity contribution in [3.63, 3.8) is 0 Å². The lowest BCUT2D eigenvalue weighted by atomic mass is 10.0. The molecule has 2 aliphatic carbocycles. The van der Waals surface area contributed by atoms with Crippen molar-refractivity contribution in [2.24, 2.45) is 5.92 Å². The first-order chi connectivity index (χ1) is 11.8. The van der Waals surface area contributed by atoms with E-state index in [1.807, 2.05) is 12.4 Å². The summed E-state index contributed by atoms with van der Waals surface area (Å²) in [6.07, 6.45) is 11.8. The van der Waals surface area contributed by atoms with Crippen molar-refractivity contribution in [1.29, 1.82) is 0 Å². The molecule has 130 valence electrons. The Morgan fingerprint density at radius 3 is 2.67 bits per heavy atom. The van der Waals surface area contributed by atoms with Crippen molar-refractivity contribution in [2.45, 2.75) is 63.0 Å². The molecular formula is C18H26N4O2. The second-order valence-electron chi connectivity index (χ2n) is 7.34. The highest BCUT2D eigenvalue weighted by Gasteiger charge is 2.36. The molecule has 3 fully saturated rings. The maximum absolute atomic E-state index is 12.1. The number of nitrogens with zero attached hydrogens (tertiary/aromatic N) is 2. The topological polar surface area (TPSA) is 76.1 Å². The number of carbonyl (C=O) groups is 1. The summed E-state index contributed by atoms with van der Waals surface area (Å²) in [5, 5.41) is 6.03. The summed E-state index contributed by atoms with van der Waals surface area (Å²) in [6, 6.07) is 0.164. The molecular weight excluding hydrogens is 304 g/mol. The van der Waals surface area contributed by atoms with Crippen LogP contribution in [0.5, 0.6) is 0 Å². The number of urea groups is 1. The standard InChI is InChI=1S/C18H26N4O2/c23-18(22-15-6-8-24-16(9-15)13-1-2-13)19-7-5-12-10-20-17(21-11-12)14-3-4-14/h10-11,13-16H,1-9H2,(H2,19,22,23)/t15-,16+/m0/s1. The lowest BCUT2D eigenvalue weighted by Crippen LogP contribution is -2.47. The zero-order valence-electron chi connectivity index (χ0n) is 14.0. The van der Waals surface area contributed by atoms with E-state index in [4.69, 9.17) is 4.74 Å². The van der Waals surface area contributed by atoms with Gasteiger partial charge in [-0.2, -0.15) is 0 Å². The van der Waals surface area contributed by atoms with Gasteiger partial charge in [-0.15, -0.1) is 0 Å². The highest BCUT2D eigenvalue weighted by atomic mass is 16.5. The first-order valence-corrected chi connectivity index (χ1v) is 9.24. The van der Waals surface area contributed by atoms with Gasteiger partial charge >= 0.3 is 6.03 Å². The SMILES string of the molecule is O=C(NCCc1cnc(C2CC2)nc1)N[C@H]1CCO[C@@H](C2CC2)C1. The third kappa shape index (κ3) is 4.23. The van der Waals surface area contributed by atoms with Crippen LogP contribution in [0.4, 0.5) is 4.79 Å². The molecule has 6 heteroatoms. The minimum absolute atomic E-state index is 0.0769. The van der Waals surface area contributed by atoms with Gasteiger partial charge in [0.1, 0.15) is 5.82 Å². The summed E-state index contributed by atoms with van der Waals surface area (Å²) < 4.78 is 5.80. The fourth-order valence-electron chi connectivity index (χ4n) is 3.36. The third-order valence-electron chi connectivity index (χ3n) is 5.17. The number of hydrogen-bond acceptors (Lipinski definition) is 4. The fourth-order valence-corrected chi connectivity index (χ4v) is 3.36. The van der Waals surface area contributed by atoms with Crippen LogP contribution in [-0.4, -0.2) is 41.3 Å². The van der Waals surface area contributed by atoms with E-state index in [2.05, 4.69) is 20.6 Å². The van der Waals surface area contributed by atoms with Gasteiger partial charge in [-0.05, 0) is 56.4 Å². The maximum atomic E-state index is 12.1. The van der Waals surface area contributed by atoms with Gasteiger partial charge in [0.15, 0.2) is 0 Å². The Morgan fingerprint density at radius 2 is 1.96 bits per heavy atom. The Hall–Kier alpha value is -1.69. The average molecular weight is 330 g/mol. The summed E-state index contributed by atoms with van der Waals surface area (Å²) in [5.41, 5.74) is 1.07. The lowest BCUT2D eigenvalue weighted by molar-refractivity contribution is -0.00913. The van der Waals surface area contributed by atoms with Gasteiger partial charge in [0, 0.05) is 37.5 Å². The summed E-state index contributed by atoms with van der Waals surface area (Å²) in [7, 11) is 0. The van der Waals surface area contributed by atoms with Crippen LogP contribution in [0.25, 0.3) is 0 Å². The van der Waals surface area contributed by atoms with E-state index in [9.17, 15) is 4.79 Å². The van der Waals surface area contributed by atoms with Crippen molar-refractivity contribution in [1.82, 2.24) is 20.6 Å². The molecule has 0 radical (unpaired) electrons. The van der Waals surface area contributed by atoms with E-state index in [-0.39, 0.29) is 12.1 Å². The van der Waals surface area contributed by atoms with Gasteiger partial charge < -0.3 is 15.4 Å². The van der Waals surface area contributed by atoms with Crippen LogP contribution in [-0.2, 0) is 11.2 Å². The van der Waals surface area contributed by atoms with Gasteiger partial charge in [-0.3, -0.25) is 0 Å². The molecule has 6 nitrogen and oxygen atoms in total. The third-order valence-corrected chi connectivity index (χ3v) is 5.17. The van der Waals surface area contributed by atoms with Crippen LogP contribution in [0.3, 0.4) is 0 Å². The van der Waals surface area contributed by atoms with E-state index in [0.29, 0.717) is 18.6 Å². The second kappa shape index (κ2) is 7.05. The summed E-state index contributed by atoms with van der Waals surface area (Å²) in [5.74, 6) is 2.28. The van der Waals surface area contributed by atoms with Crippen LogP contribution < -0.4 is 10.6 Å². The van der Waals surface area contributed by atoms with Gasteiger partial charge in [0.05, 0.1) is 6.10 Å². The highest BCUT2D eigenvalue weighted by molar-refractivity contribution is 5.74. The Kier molecular flexibility index (Phi) is 4.65. The maximum Gasteiger partial charge on any atom is 0.315 e. The molecule has 2 saturated carbocycles. The fraction of sp³-hybridized carbons (Fsp3) is 0.722. The molecule has 2 heterocycles. The quantitative estimate of drug-likeness (QED) is 0.838. The number of amides is 2. The van der Waals surface area contributed by atoms with Gasteiger partial charge in [-0.25, -0.2) is 14.8 Å². The van der Waals surface area contributed by atoms with Gasteiger partial charge in [0.25, 0.3) is 0 Å². The Morgan fingerprint density at radius 1 is 1.17 bits per heavy atom. The number of carbonyl (C=O) groups excluding carboxylic acids is 1. The van der Waals surface area contributed by atoms with Gasteiger partial charge in [0.2, 0.25) is 0 Å². The smallest absolute Gasteiger partial charge is 0.315 e. The molecule has 2 atom stereocenters. The van der Waals surface area contributed by atoms with Crippen molar-refractivity contribution in [3.8, 4) is 0 Å². The number of rotatable bonds is 6. The molecule has 1 aliphatic heterocycles. The normalized spacial score (nSPS) is 26.8. The zero-order valence-corrected chi connectivity index (χ0v) is 14.0. The van der Waals surface area contributed by atoms with E-state index in [1.165, 1.54) is 25.7 Å². The van der Waals surface area contributed by atoms with Crippen LogP contribution in [0.15, 0.2) is 12.4 Å². The minimum atomic E-state index is -0.0769. The number of hydrogen-bond donors (Lipinski definition) is 2. The molecule has 0 bridgehead atoms. The molecule has 1 aromatic heterocycles. The molecule has 3 aliphatic rings. The molecule has 2 N–H and O–H groups in total. The first kappa shape index (κ1) is 15.8. The average Bonchev–Trinajstić information content (AvgIpc) is 3.49. The molecule has 1 saturated heterocycles. The van der Waals surface area contributed by atoms with Crippen LogP contribution in [0, 0.1) is 5.92 Å². The van der Waals surface area contributed by atoms with Crippen molar-refractivity contribution in [2.75, 3.05) is 13.2 Å². The first-order valence-electron chi connectivity index (χ1n) is 9.24. The molecule has 0 aromatic carbocycles. The number of aromatic nitrogens is 2. The molecule has 24 heavy (non-hydrogen) atoms. The Bertz CT molecular complexity index is 569. The predicted octanol–water partition coefficient (Wildman–Crippen LogP) is 2.15. The second-order valence-corrected chi connectivity index (χ2v) is 7.34. The van der Waals surface area contributed by atoms with E-state index < -0.39 is 0 Å². The zero-order chi connectivity index (χ0) is 16.4. The van der Waals surface area contributed by atoms with E-state index >= 15 is 0 Å². The lowest BCUT2D eigenvalue weighted by Gasteiger charge is -2.30. The summed E-state index contributed by atoms with van der Waals surface area (Å²) >= 11 is 0. The predicted molar refractivity (Wildman–Crippen MR) is 89.7 cm³/mol. The van der Waals surface area contributed by atoms with Crippen LogP contribution in [0.2, 0.25) is 0 Å². The van der Waals surface area contributed by atoms with E-state index in [1.54, 1.807) is 0 Å². The van der Waals surface area contributed by atoms with Gasteiger partial charge in [-0.1, -0.05) is 0 Å². The molecule has 1 aromatic rings. The number of nitrogens with one attached hydrogen (secondary N) is 2. The minimum Gasteiger partial charge on any atom is -0.378 e. The van der Waals surface area contributed by atoms with Crippen molar-refractivity contribution in [3.05, 3.63) is 23.8 Å². The highest BCUT2D eigenvalue weighted by Crippen LogP contribution is 2.38. The monoisotopic (exact) mass is 330 g/mol. The van der Waals surface area contributed by atoms with Crippen LogP contribution >= 0.6 is 0 Å². The van der Waals surface area contributed by atoms with E-state index in [0.717, 1.165) is 43.2 Å². The molecule has 0 spiro atoms. The number of ether oxygens (including phenoxy) is 1. The summed E-state index contributed by atoms with van der Waals surface area (Å²) in [6.45, 7) is 1.37. The van der Waals surface area contributed by atoms with Crippen molar-refractivity contribution < 1.29 is 9.53 Å². The Balaban J connectivity index is 1.16. The molecule has 2 amide bonds. The van der Waals surface area contributed by atoms with Crippen LogP contribution in [0.1, 0.15) is 55.8 Å². The van der Waals surface area contributed by atoms with Crippen molar-refractivity contribution >= 4 is 6.03 Å². The molecule has 4 rings (SSSR count). The molecule has 0 unspecified atom stereocenters. The Labute approximate surface area is 142 Å².